The van der Waals surface area contributed by atoms with E-state index in [1.54, 1.807) is 7.11 Å². The Balaban J connectivity index is 2.05. The van der Waals surface area contributed by atoms with Crippen LogP contribution in [0.1, 0.15) is 12.0 Å². The van der Waals surface area contributed by atoms with E-state index in [2.05, 4.69) is 10.2 Å². The van der Waals surface area contributed by atoms with Crippen molar-refractivity contribution in [2.24, 2.45) is 0 Å². The van der Waals surface area contributed by atoms with Crippen LogP contribution in [0.5, 0.6) is 5.75 Å². The number of methoxy groups -OCH3 is 1. The van der Waals surface area contributed by atoms with E-state index in [1.807, 2.05) is 18.2 Å². The van der Waals surface area contributed by atoms with Crippen LogP contribution in [-0.2, 0) is 6.54 Å². The molecule has 0 aromatic heterocycles. The Morgan fingerprint density at radius 3 is 3.06 bits per heavy atom. The first-order chi connectivity index (χ1) is 8.29. The van der Waals surface area contributed by atoms with Crippen LogP contribution in [0.3, 0.4) is 0 Å². The minimum Gasteiger partial charge on any atom is -0.497 e. The summed E-state index contributed by atoms with van der Waals surface area (Å²) in [7, 11) is 1.68. The van der Waals surface area contributed by atoms with Gasteiger partial charge in [0, 0.05) is 24.7 Å². The number of benzene rings is 1. The Labute approximate surface area is 108 Å². The maximum Gasteiger partial charge on any atom is 0.119 e. The van der Waals surface area contributed by atoms with Crippen LogP contribution >= 0.6 is 11.6 Å². The van der Waals surface area contributed by atoms with Crippen LogP contribution in [-0.4, -0.2) is 38.2 Å². The monoisotopic (exact) mass is 254 g/mol. The molecule has 0 saturated carbocycles. The summed E-state index contributed by atoms with van der Waals surface area (Å²) in [5.41, 5.74) is 1.15. The van der Waals surface area contributed by atoms with Crippen LogP contribution in [0.25, 0.3) is 0 Å². The molecule has 0 spiro atoms. The number of nitrogens with zero attached hydrogens (tertiary/aromatic N) is 1. The van der Waals surface area contributed by atoms with Gasteiger partial charge >= 0.3 is 0 Å². The van der Waals surface area contributed by atoms with Crippen molar-refractivity contribution in [1.82, 2.24) is 10.2 Å². The van der Waals surface area contributed by atoms with E-state index in [1.165, 1.54) is 6.42 Å². The third kappa shape index (κ3) is 3.60. The third-order valence-corrected chi connectivity index (χ3v) is 3.45. The van der Waals surface area contributed by atoms with Crippen molar-refractivity contribution in [3.05, 3.63) is 28.8 Å². The molecule has 0 amide bonds. The smallest absolute Gasteiger partial charge is 0.119 e. The number of rotatable bonds is 3. The van der Waals surface area contributed by atoms with Gasteiger partial charge in [0.2, 0.25) is 0 Å². The first kappa shape index (κ1) is 12.7. The molecule has 1 saturated heterocycles. The summed E-state index contributed by atoms with van der Waals surface area (Å²) in [5.74, 6) is 0.873. The van der Waals surface area contributed by atoms with Gasteiger partial charge in [-0.2, -0.15) is 0 Å². The van der Waals surface area contributed by atoms with E-state index in [4.69, 9.17) is 16.3 Å². The van der Waals surface area contributed by atoms with Gasteiger partial charge in [0.15, 0.2) is 0 Å². The summed E-state index contributed by atoms with van der Waals surface area (Å²) >= 11 is 6.22. The first-order valence-corrected chi connectivity index (χ1v) is 6.43. The maximum atomic E-state index is 6.22. The highest BCUT2D eigenvalue weighted by atomic mass is 35.5. The molecule has 0 unspecified atom stereocenters. The van der Waals surface area contributed by atoms with Gasteiger partial charge in [0.1, 0.15) is 5.75 Å². The molecular formula is C13H19ClN2O. The average molecular weight is 255 g/mol. The second kappa shape index (κ2) is 6.24. The predicted molar refractivity (Wildman–Crippen MR) is 70.8 cm³/mol. The maximum absolute atomic E-state index is 6.22. The number of halogens is 1. The van der Waals surface area contributed by atoms with Crippen LogP contribution in [0.2, 0.25) is 5.02 Å². The quantitative estimate of drug-likeness (QED) is 0.895. The van der Waals surface area contributed by atoms with Gasteiger partial charge in [-0.15, -0.1) is 0 Å². The molecule has 3 nitrogen and oxygen atoms in total. The van der Waals surface area contributed by atoms with Crippen LogP contribution in [0.4, 0.5) is 0 Å². The normalized spacial score (nSPS) is 17.8. The summed E-state index contributed by atoms with van der Waals surface area (Å²) in [6, 6.07) is 5.84. The summed E-state index contributed by atoms with van der Waals surface area (Å²) in [6.45, 7) is 5.27. The van der Waals surface area contributed by atoms with Crippen LogP contribution in [0.15, 0.2) is 18.2 Å². The van der Waals surface area contributed by atoms with Crippen molar-refractivity contribution >= 4 is 11.6 Å². The molecule has 1 aliphatic rings. The molecule has 4 heteroatoms. The zero-order valence-electron chi connectivity index (χ0n) is 10.2. The molecule has 0 radical (unpaired) electrons. The summed E-state index contributed by atoms with van der Waals surface area (Å²) in [6.07, 6.45) is 1.20. The average Bonchev–Trinajstić information content (AvgIpc) is 2.60. The Hall–Kier alpha value is -0.770. The molecular weight excluding hydrogens is 236 g/mol. The van der Waals surface area contributed by atoms with E-state index in [9.17, 15) is 0 Å². The lowest BCUT2D eigenvalue weighted by Crippen LogP contribution is -2.27. The zero-order valence-corrected chi connectivity index (χ0v) is 11.0. The molecule has 1 fully saturated rings. The minimum absolute atomic E-state index is 0.822. The molecule has 1 aliphatic heterocycles. The Kier molecular flexibility index (Phi) is 4.66. The van der Waals surface area contributed by atoms with Crippen molar-refractivity contribution in [3.63, 3.8) is 0 Å². The molecule has 0 atom stereocenters. The van der Waals surface area contributed by atoms with Crippen LogP contribution in [0, 0.1) is 0 Å². The first-order valence-electron chi connectivity index (χ1n) is 6.05. The summed E-state index contributed by atoms with van der Waals surface area (Å²) in [4.78, 5) is 2.43. The van der Waals surface area contributed by atoms with Crippen molar-refractivity contribution < 1.29 is 4.74 Å². The molecule has 1 aromatic carbocycles. The predicted octanol–water partition coefficient (Wildman–Crippen LogP) is 2.14. The Bertz CT molecular complexity index is 362. The fourth-order valence-electron chi connectivity index (χ4n) is 2.10. The second-order valence-corrected chi connectivity index (χ2v) is 4.74. The summed E-state index contributed by atoms with van der Waals surface area (Å²) < 4.78 is 5.23. The lowest BCUT2D eigenvalue weighted by atomic mass is 10.2. The van der Waals surface area contributed by atoms with E-state index in [0.29, 0.717) is 0 Å². The molecule has 1 heterocycles. The molecule has 0 aliphatic carbocycles. The minimum atomic E-state index is 0.822. The lowest BCUT2D eigenvalue weighted by molar-refractivity contribution is 0.284. The standard InChI is InChI=1S/C13H19ClN2O/c1-17-12-3-4-13(14)11(9-12)10-16-7-2-5-15-6-8-16/h3-4,9,15H,2,5-8,10H2,1H3. The largest absolute Gasteiger partial charge is 0.497 e. The van der Waals surface area contributed by atoms with Crippen LogP contribution < -0.4 is 10.1 Å². The van der Waals surface area contributed by atoms with Gasteiger partial charge in [-0.3, -0.25) is 4.90 Å². The highest BCUT2D eigenvalue weighted by Gasteiger charge is 2.11. The van der Waals surface area contributed by atoms with Crippen molar-refractivity contribution in [1.29, 1.82) is 0 Å². The molecule has 1 aromatic rings. The summed E-state index contributed by atoms with van der Waals surface area (Å²) in [5, 5.41) is 4.22. The van der Waals surface area contributed by atoms with Gasteiger partial charge in [-0.05, 0) is 43.3 Å². The van der Waals surface area contributed by atoms with Crippen molar-refractivity contribution in [2.45, 2.75) is 13.0 Å². The number of hydrogen-bond acceptors (Lipinski definition) is 3. The fourth-order valence-corrected chi connectivity index (χ4v) is 2.28. The van der Waals surface area contributed by atoms with Gasteiger partial charge < -0.3 is 10.1 Å². The fraction of sp³-hybridized carbons (Fsp3) is 0.538. The lowest BCUT2D eigenvalue weighted by Gasteiger charge is -2.20. The van der Waals surface area contributed by atoms with E-state index in [-0.39, 0.29) is 0 Å². The van der Waals surface area contributed by atoms with Crippen molar-refractivity contribution in [2.75, 3.05) is 33.3 Å². The number of ether oxygens (including phenoxy) is 1. The highest BCUT2D eigenvalue weighted by molar-refractivity contribution is 6.31. The topological polar surface area (TPSA) is 24.5 Å². The van der Waals surface area contributed by atoms with Gasteiger partial charge in [-0.25, -0.2) is 0 Å². The molecule has 17 heavy (non-hydrogen) atoms. The van der Waals surface area contributed by atoms with Gasteiger partial charge in [-0.1, -0.05) is 11.6 Å². The van der Waals surface area contributed by atoms with Crippen molar-refractivity contribution in [3.8, 4) is 5.75 Å². The van der Waals surface area contributed by atoms with Gasteiger partial charge in [0.05, 0.1) is 7.11 Å². The second-order valence-electron chi connectivity index (χ2n) is 4.34. The Morgan fingerprint density at radius 1 is 1.35 bits per heavy atom. The van der Waals surface area contributed by atoms with E-state index >= 15 is 0 Å². The molecule has 1 N–H and O–H groups in total. The number of hydrogen-bond donors (Lipinski definition) is 1. The molecule has 94 valence electrons. The van der Waals surface area contributed by atoms with E-state index in [0.717, 1.165) is 49.1 Å². The van der Waals surface area contributed by atoms with Gasteiger partial charge in [0.25, 0.3) is 0 Å². The molecule has 0 bridgehead atoms. The van der Waals surface area contributed by atoms with E-state index < -0.39 is 0 Å². The number of nitrogens with one attached hydrogen (secondary N) is 1. The Morgan fingerprint density at radius 2 is 2.24 bits per heavy atom. The zero-order chi connectivity index (χ0) is 12.1. The third-order valence-electron chi connectivity index (χ3n) is 3.08. The highest BCUT2D eigenvalue weighted by Crippen LogP contribution is 2.23. The molecule has 2 rings (SSSR count). The SMILES string of the molecule is COc1ccc(Cl)c(CN2CCCNCC2)c1.